The van der Waals surface area contributed by atoms with E-state index in [1.54, 1.807) is 6.07 Å². The van der Waals surface area contributed by atoms with Gasteiger partial charge in [-0.1, -0.05) is 0 Å². The first-order chi connectivity index (χ1) is 9.70. The van der Waals surface area contributed by atoms with E-state index in [-0.39, 0.29) is 30.0 Å². The van der Waals surface area contributed by atoms with Gasteiger partial charge in [-0.15, -0.1) is 0 Å². The van der Waals surface area contributed by atoms with Gasteiger partial charge < -0.3 is 5.11 Å². The van der Waals surface area contributed by atoms with E-state index in [0.29, 0.717) is 0 Å². The largest absolute Gasteiger partial charge is 0.481 e. The van der Waals surface area contributed by atoms with Crippen LogP contribution in [-0.4, -0.2) is 36.9 Å². The van der Waals surface area contributed by atoms with E-state index in [9.17, 15) is 17.6 Å². The molecule has 1 aromatic rings. The fourth-order valence-electron chi connectivity index (χ4n) is 2.25. The summed E-state index contributed by atoms with van der Waals surface area (Å²) < 4.78 is 39.1. The van der Waals surface area contributed by atoms with Crippen LogP contribution in [0.5, 0.6) is 0 Å². The lowest BCUT2D eigenvalue weighted by molar-refractivity contribution is -0.146. The number of carbonyl (C=O) groups is 1. The van der Waals surface area contributed by atoms with Crippen molar-refractivity contribution in [3.63, 3.8) is 0 Å². The first kappa shape index (κ1) is 15.4. The zero-order valence-electron chi connectivity index (χ0n) is 11.2. The number of hydrogen-bond acceptors (Lipinski definition) is 4. The van der Waals surface area contributed by atoms with Gasteiger partial charge in [0.2, 0.25) is 10.0 Å². The molecule has 0 amide bonds. The minimum Gasteiger partial charge on any atom is -0.481 e. The van der Waals surface area contributed by atoms with Crippen molar-refractivity contribution in [2.75, 3.05) is 13.1 Å². The molecule has 112 valence electrons. The van der Waals surface area contributed by atoms with E-state index in [0.717, 1.165) is 22.5 Å². The SMILES string of the molecule is C[C@@]1(C(=O)O)CCN(S(=O)(=O)c2ccc(F)cc2C#N)C1. The summed E-state index contributed by atoms with van der Waals surface area (Å²) in [5, 5.41) is 18.1. The average Bonchev–Trinajstić information content (AvgIpc) is 2.83. The van der Waals surface area contributed by atoms with E-state index in [4.69, 9.17) is 10.4 Å². The van der Waals surface area contributed by atoms with E-state index in [1.165, 1.54) is 6.92 Å². The van der Waals surface area contributed by atoms with Crippen LogP contribution in [-0.2, 0) is 14.8 Å². The Morgan fingerprint density at radius 3 is 2.71 bits per heavy atom. The summed E-state index contributed by atoms with van der Waals surface area (Å²) in [6.07, 6.45) is 0.185. The van der Waals surface area contributed by atoms with E-state index >= 15 is 0 Å². The highest BCUT2D eigenvalue weighted by Gasteiger charge is 2.45. The number of sulfonamides is 1. The van der Waals surface area contributed by atoms with Crippen LogP contribution < -0.4 is 0 Å². The average molecular weight is 312 g/mol. The highest BCUT2D eigenvalue weighted by Crippen LogP contribution is 2.34. The zero-order valence-corrected chi connectivity index (χ0v) is 12.0. The maximum absolute atomic E-state index is 13.1. The van der Waals surface area contributed by atoms with Gasteiger partial charge in [-0.2, -0.15) is 9.57 Å². The lowest BCUT2D eigenvalue weighted by atomic mass is 9.90. The number of nitrogens with zero attached hydrogens (tertiary/aromatic N) is 2. The number of rotatable bonds is 3. The van der Waals surface area contributed by atoms with Crippen LogP contribution in [0, 0.1) is 22.6 Å². The van der Waals surface area contributed by atoms with Crippen molar-refractivity contribution in [3.05, 3.63) is 29.6 Å². The van der Waals surface area contributed by atoms with Crippen LogP contribution in [0.3, 0.4) is 0 Å². The molecule has 0 bridgehead atoms. The van der Waals surface area contributed by atoms with Gasteiger partial charge in [0.05, 0.1) is 11.0 Å². The van der Waals surface area contributed by atoms with Gasteiger partial charge in [0.25, 0.3) is 0 Å². The Balaban J connectivity index is 2.42. The minimum absolute atomic E-state index is 0.0490. The zero-order chi connectivity index (χ0) is 15.8. The maximum Gasteiger partial charge on any atom is 0.310 e. The molecule has 0 unspecified atom stereocenters. The summed E-state index contributed by atoms with van der Waals surface area (Å²) in [5.74, 6) is -1.78. The molecular formula is C13H13FN2O4S. The van der Waals surface area contributed by atoms with E-state index < -0.39 is 27.2 Å². The molecule has 0 radical (unpaired) electrons. The number of carboxylic acid groups (broad SMARTS) is 1. The van der Waals surface area contributed by atoms with Gasteiger partial charge in [-0.25, -0.2) is 12.8 Å². The Labute approximate surface area is 121 Å². The summed E-state index contributed by atoms with van der Waals surface area (Å²) in [4.78, 5) is 10.9. The second-order valence-corrected chi connectivity index (χ2v) is 7.11. The highest BCUT2D eigenvalue weighted by molar-refractivity contribution is 7.89. The summed E-state index contributed by atoms with van der Waals surface area (Å²) in [5.41, 5.74) is -1.45. The molecular weight excluding hydrogens is 299 g/mol. The van der Waals surface area contributed by atoms with E-state index in [1.807, 2.05) is 0 Å². The highest BCUT2D eigenvalue weighted by atomic mass is 32.2. The molecule has 0 aliphatic carbocycles. The quantitative estimate of drug-likeness (QED) is 0.903. The van der Waals surface area contributed by atoms with Crippen molar-refractivity contribution in [3.8, 4) is 6.07 Å². The first-order valence-electron chi connectivity index (χ1n) is 6.14. The predicted molar refractivity (Wildman–Crippen MR) is 70.2 cm³/mol. The Bertz CT molecular complexity index is 741. The standard InChI is InChI=1S/C13H13FN2O4S/c1-13(12(17)18)4-5-16(8-13)21(19,20)11-3-2-10(14)6-9(11)7-15/h2-3,6H,4-5,8H2,1H3,(H,17,18)/t13-/m1/s1. The molecule has 1 aliphatic rings. The Morgan fingerprint density at radius 1 is 1.52 bits per heavy atom. The van der Waals surface area contributed by atoms with Gasteiger partial charge in [-0.05, 0) is 31.5 Å². The van der Waals surface area contributed by atoms with Crippen LogP contribution in [0.15, 0.2) is 23.1 Å². The van der Waals surface area contributed by atoms with Crippen LogP contribution in [0.4, 0.5) is 4.39 Å². The fraction of sp³-hybridized carbons (Fsp3) is 0.385. The summed E-state index contributed by atoms with van der Waals surface area (Å²) in [6, 6.07) is 4.48. The third-order valence-electron chi connectivity index (χ3n) is 3.63. The van der Waals surface area contributed by atoms with Gasteiger partial charge in [-0.3, -0.25) is 4.79 Å². The summed E-state index contributed by atoms with van der Waals surface area (Å²) in [6.45, 7) is 1.35. The normalized spacial score (nSPS) is 22.9. The van der Waals surface area contributed by atoms with Crippen molar-refractivity contribution in [1.82, 2.24) is 4.31 Å². The Hall–Kier alpha value is -1.98. The number of hydrogen-bond donors (Lipinski definition) is 1. The molecule has 2 rings (SSSR count). The molecule has 1 aromatic carbocycles. The van der Waals surface area contributed by atoms with Gasteiger partial charge in [0.1, 0.15) is 16.8 Å². The monoisotopic (exact) mass is 312 g/mol. The number of halogens is 1. The molecule has 0 saturated carbocycles. The Morgan fingerprint density at radius 2 is 2.19 bits per heavy atom. The molecule has 0 spiro atoms. The van der Waals surface area contributed by atoms with Gasteiger partial charge in [0, 0.05) is 13.1 Å². The van der Waals surface area contributed by atoms with E-state index in [2.05, 4.69) is 0 Å². The second-order valence-electron chi connectivity index (χ2n) is 5.21. The van der Waals surface area contributed by atoms with Crippen molar-refractivity contribution >= 4 is 16.0 Å². The maximum atomic E-state index is 13.1. The first-order valence-corrected chi connectivity index (χ1v) is 7.58. The predicted octanol–water partition coefficient (Wildman–Crippen LogP) is 1.18. The molecule has 1 atom stereocenters. The smallest absolute Gasteiger partial charge is 0.310 e. The van der Waals surface area contributed by atoms with Crippen molar-refractivity contribution in [2.45, 2.75) is 18.2 Å². The molecule has 1 aliphatic heterocycles. The molecule has 1 N–H and O–H groups in total. The minimum atomic E-state index is -4.02. The topological polar surface area (TPSA) is 98.5 Å². The molecule has 1 saturated heterocycles. The lowest BCUT2D eigenvalue weighted by Crippen LogP contribution is -2.35. The molecule has 8 heteroatoms. The van der Waals surface area contributed by atoms with Crippen LogP contribution in [0.2, 0.25) is 0 Å². The fourth-order valence-corrected chi connectivity index (χ4v) is 3.94. The van der Waals surface area contributed by atoms with Crippen molar-refractivity contribution < 1.29 is 22.7 Å². The van der Waals surface area contributed by atoms with Gasteiger partial charge in [0.15, 0.2) is 0 Å². The molecule has 21 heavy (non-hydrogen) atoms. The molecule has 6 nitrogen and oxygen atoms in total. The van der Waals surface area contributed by atoms with Gasteiger partial charge >= 0.3 is 5.97 Å². The van der Waals surface area contributed by atoms with Crippen LogP contribution in [0.1, 0.15) is 18.9 Å². The van der Waals surface area contributed by atoms with Crippen molar-refractivity contribution in [2.24, 2.45) is 5.41 Å². The van der Waals surface area contributed by atoms with Crippen molar-refractivity contribution in [1.29, 1.82) is 5.26 Å². The lowest BCUT2D eigenvalue weighted by Gasteiger charge is -2.20. The third kappa shape index (κ3) is 2.62. The molecule has 0 aromatic heterocycles. The second kappa shape index (κ2) is 5.09. The van der Waals surface area contributed by atoms with Crippen LogP contribution >= 0.6 is 0 Å². The number of aliphatic carboxylic acids is 1. The molecule has 1 heterocycles. The summed E-state index contributed by atoms with van der Waals surface area (Å²) in [7, 11) is -4.02. The summed E-state index contributed by atoms with van der Waals surface area (Å²) >= 11 is 0. The number of benzene rings is 1. The Kier molecular flexibility index (Phi) is 3.74. The third-order valence-corrected chi connectivity index (χ3v) is 5.54. The number of carboxylic acids is 1. The number of nitriles is 1. The molecule has 1 fully saturated rings. The van der Waals surface area contributed by atoms with Crippen LogP contribution in [0.25, 0.3) is 0 Å².